The number of amides is 1. The van der Waals surface area contributed by atoms with E-state index in [2.05, 4.69) is 5.43 Å². The van der Waals surface area contributed by atoms with Crippen molar-refractivity contribution in [2.75, 3.05) is 0 Å². The minimum absolute atomic E-state index is 0.0821. The molecule has 0 fully saturated rings. The highest BCUT2D eigenvalue weighted by atomic mass is 19.1. The summed E-state index contributed by atoms with van der Waals surface area (Å²) >= 11 is 0. The molecule has 1 N–H and O–H groups in total. The van der Waals surface area contributed by atoms with Gasteiger partial charge in [-0.2, -0.15) is 0 Å². The van der Waals surface area contributed by atoms with E-state index >= 15 is 0 Å². The Balaban J connectivity index is 1.41. The zero-order valence-electron chi connectivity index (χ0n) is 24.4. The van der Waals surface area contributed by atoms with Crippen LogP contribution in [0.25, 0.3) is 0 Å². The second-order valence-corrected chi connectivity index (χ2v) is 10.5. The number of nitrogens with one attached hydrogen (secondary N) is 1. The molecule has 0 radical (unpaired) electrons. The van der Waals surface area contributed by atoms with Gasteiger partial charge >= 0.3 is 0 Å². The lowest BCUT2D eigenvalue weighted by atomic mass is 10.0. The number of rotatable bonds is 12. The number of hydrazine groups is 1. The smallest absolute Gasteiger partial charge is 0.236 e. The second-order valence-electron chi connectivity index (χ2n) is 10.5. The largest absolute Gasteiger partial charge is 0.457 e. The normalized spacial score (nSPS) is 10.9. The Morgan fingerprint density at radius 1 is 0.659 bits per heavy atom. The van der Waals surface area contributed by atoms with Gasteiger partial charge in [-0.05, 0) is 70.3 Å². The number of hydrogen-bond donors (Lipinski definition) is 1. The summed E-state index contributed by atoms with van der Waals surface area (Å²) in [5.41, 5.74) is 7.74. The van der Waals surface area contributed by atoms with E-state index in [4.69, 9.17) is 4.74 Å². The monoisotopic (exact) mass is 594 g/mol. The third kappa shape index (κ3) is 8.14. The molecule has 0 unspecified atom stereocenters. The van der Waals surface area contributed by atoms with E-state index in [0.29, 0.717) is 36.4 Å². The lowest BCUT2D eigenvalue weighted by molar-refractivity contribution is -0.135. The van der Waals surface area contributed by atoms with Crippen molar-refractivity contribution in [2.45, 2.75) is 39.3 Å². The number of para-hydroxylation sites is 1. The molecular formula is C37H33F3N2O2. The topological polar surface area (TPSA) is 41.6 Å². The first-order chi connectivity index (χ1) is 21.4. The van der Waals surface area contributed by atoms with Crippen LogP contribution in [-0.4, -0.2) is 10.9 Å². The van der Waals surface area contributed by atoms with E-state index in [1.165, 1.54) is 35.3 Å². The number of benzene rings is 5. The zero-order chi connectivity index (χ0) is 30.9. The van der Waals surface area contributed by atoms with Crippen molar-refractivity contribution in [2.24, 2.45) is 0 Å². The average molecular weight is 595 g/mol. The van der Waals surface area contributed by atoms with Crippen LogP contribution in [-0.2, 0) is 30.7 Å². The van der Waals surface area contributed by atoms with E-state index in [-0.39, 0.29) is 36.3 Å². The maximum atomic E-state index is 14.3. The fraction of sp³-hybridized carbons (Fsp3) is 0.162. The summed E-state index contributed by atoms with van der Waals surface area (Å²) in [7, 11) is 0. The van der Waals surface area contributed by atoms with E-state index in [9.17, 15) is 18.0 Å². The van der Waals surface area contributed by atoms with Gasteiger partial charge in [0.25, 0.3) is 0 Å². The van der Waals surface area contributed by atoms with E-state index in [0.717, 1.165) is 27.8 Å². The third-order valence-electron chi connectivity index (χ3n) is 7.25. The highest BCUT2D eigenvalue weighted by Crippen LogP contribution is 2.32. The first kappa shape index (κ1) is 30.6. The quantitative estimate of drug-likeness (QED) is 0.147. The number of carbonyl (C=O) groups is 1. The highest BCUT2D eigenvalue weighted by molar-refractivity contribution is 5.75. The standard InChI is InChI=1S/C37H33F3N2O2/c1-2-37(43)42(25-30-12-3-5-15-34(30)40)41-24-28-17-18-36(31(21-28)20-27-10-8-14-33(39)23-27)44-35-16-6-4-11-29(35)19-26-9-7-13-32(38)22-26/h3-18,21-23,41H,2,19-20,24-25H2,1H3. The fourth-order valence-electron chi connectivity index (χ4n) is 4.99. The molecule has 5 aromatic carbocycles. The Hall–Kier alpha value is -4.88. The van der Waals surface area contributed by atoms with Crippen LogP contribution in [0.2, 0.25) is 0 Å². The molecule has 0 atom stereocenters. The van der Waals surface area contributed by atoms with Gasteiger partial charge in [0.05, 0.1) is 6.54 Å². The fourth-order valence-corrected chi connectivity index (χ4v) is 4.99. The first-order valence-corrected chi connectivity index (χ1v) is 14.5. The van der Waals surface area contributed by atoms with Crippen LogP contribution < -0.4 is 10.2 Å². The zero-order valence-corrected chi connectivity index (χ0v) is 24.4. The van der Waals surface area contributed by atoms with Crippen LogP contribution in [0.1, 0.15) is 46.7 Å². The Morgan fingerprint density at radius 2 is 1.27 bits per heavy atom. The molecule has 0 bridgehead atoms. The van der Waals surface area contributed by atoms with Crippen molar-refractivity contribution in [3.8, 4) is 11.5 Å². The van der Waals surface area contributed by atoms with Gasteiger partial charge in [-0.25, -0.2) is 18.6 Å². The van der Waals surface area contributed by atoms with Crippen LogP contribution in [0, 0.1) is 17.5 Å². The molecule has 7 heteroatoms. The maximum Gasteiger partial charge on any atom is 0.236 e. The van der Waals surface area contributed by atoms with Gasteiger partial charge in [0.15, 0.2) is 0 Å². The maximum absolute atomic E-state index is 14.3. The number of ether oxygens (including phenoxy) is 1. The van der Waals surface area contributed by atoms with Gasteiger partial charge in [-0.3, -0.25) is 9.80 Å². The summed E-state index contributed by atoms with van der Waals surface area (Å²) in [6, 6.07) is 32.6. The molecule has 5 aromatic rings. The predicted octanol–water partition coefficient (Wildman–Crippen LogP) is 8.52. The van der Waals surface area contributed by atoms with Gasteiger partial charge in [0.2, 0.25) is 5.91 Å². The summed E-state index contributed by atoms with van der Waals surface area (Å²) in [5.74, 6) is 0.0637. The van der Waals surface area contributed by atoms with Gasteiger partial charge in [-0.15, -0.1) is 0 Å². The van der Waals surface area contributed by atoms with E-state index in [1.807, 2.05) is 54.6 Å². The number of carbonyl (C=O) groups excluding carboxylic acids is 1. The molecule has 44 heavy (non-hydrogen) atoms. The Labute approximate surface area is 255 Å². The summed E-state index contributed by atoms with van der Waals surface area (Å²) in [5, 5.41) is 1.43. The minimum atomic E-state index is -0.375. The predicted molar refractivity (Wildman–Crippen MR) is 165 cm³/mol. The van der Waals surface area contributed by atoms with Crippen LogP contribution in [0.3, 0.4) is 0 Å². The van der Waals surface area contributed by atoms with Crippen molar-refractivity contribution in [1.82, 2.24) is 10.4 Å². The molecule has 0 spiro atoms. The average Bonchev–Trinajstić information content (AvgIpc) is 3.02. The highest BCUT2D eigenvalue weighted by Gasteiger charge is 2.16. The van der Waals surface area contributed by atoms with Gasteiger partial charge in [0, 0.05) is 31.4 Å². The molecule has 0 aliphatic carbocycles. The Morgan fingerprint density at radius 3 is 1.93 bits per heavy atom. The molecule has 1 amide bonds. The lowest BCUT2D eigenvalue weighted by Gasteiger charge is -2.24. The van der Waals surface area contributed by atoms with Crippen molar-refractivity contribution in [1.29, 1.82) is 0 Å². The van der Waals surface area contributed by atoms with Gasteiger partial charge in [0.1, 0.15) is 29.0 Å². The van der Waals surface area contributed by atoms with Crippen molar-refractivity contribution in [3.63, 3.8) is 0 Å². The van der Waals surface area contributed by atoms with Crippen LogP contribution >= 0.6 is 0 Å². The van der Waals surface area contributed by atoms with Crippen LogP contribution in [0.5, 0.6) is 11.5 Å². The molecule has 0 aromatic heterocycles. The SMILES string of the molecule is CCC(=O)N(Cc1ccccc1F)NCc1ccc(Oc2ccccc2Cc2cccc(F)c2)c(Cc2cccc(F)c2)c1. The summed E-state index contributed by atoms with van der Waals surface area (Å²) in [6.07, 6.45) is 1.15. The molecule has 5 rings (SSSR count). The van der Waals surface area contributed by atoms with Crippen molar-refractivity contribution in [3.05, 3.63) is 166 Å². The number of nitrogens with zero attached hydrogens (tertiary/aromatic N) is 1. The second kappa shape index (κ2) is 14.5. The van der Waals surface area contributed by atoms with Gasteiger partial charge < -0.3 is 4.74 Å². The summed E-state index contributed by atoms with van der Waals surface area (Å²) < 4.78 is 48.7. The molecule has 0 aliphatic rings. The minimum Gasteiger partial charge on any atom is -0.457 e. The van der Waals surface area contributed by atoms with E-state index < -0.39 is 0 Å². The number of halogens is 3. The van der Waals surface area contributed by atoms with Crippen LogP contribution in [0.15, 0.2) is 115 Å². The Kier molecular flexibility index (Phi) is 10.1. The summed E-state index contributed by atoms with van der Waals surface area (Å²) in [6.45, 7) is 2.14. The summed E-state index contributed by atoms with van der Waals surface area (Å²) in [4.78, 5) is 12.7. The third-order valence-corrected chi connectivity index (χ3v) is 7.25. The molecular weight excluding hydrogens is 561 g/mol. The Bertz CT molecular complexity index is 1740. The van der Waals surface area contributed by atoms with Gasteiger partial charge in [-0.1, -0.05) is 79.7 Å². The van der Waals surface area contributed by atoms with E-state index in [1.54, 1.807) is 37.3 Å². The molecule has 224 valence electrons. The number of hydrogen-bond acceptors (Lipinski definition) is 3. The van der Waals surface area contributed by atoms with Crippen molar-refractivity contribution >= 4 is 5.91 Å². The first-order valence-electron chi connectivity index (χ1n) is 14.5. The molecule has 0 saturated carbocycles. The van der Waals surface area contributed by atoms with Crippen molar-refractivity contribution < 1.29 is 22.7 Å². The molecule has 0 aliphatic heterocycles. The molecule has 0 saturated heterocycles. The lowest BCUT2D eigenvalue weighted by Crippen LogP contribution is -2.41. The molecule has 4 nitrogen and oxygen atoms in total. The van der Waals surface area contributed by atoms with Crippen LogP contribution in [0.4, 0.5) is 13.2 Å². The molecule has 0 heterocycles.